The van der Waals surface area contributed by atoms with E-state index in [9.17, 15) is 10.1 Å². The molecule has 0 unspecified atom stereocenters. The molecular formula is C14H17N3O4. The fourth-order valence-electron chi connectivity index (χ4n) is 1.88. The van der Waals surface area contributed by atoms with Gasteiger partial charge < -0.3 is 15.2 Å². The van der Waals surface area contributed by atoms with Crippen molar-refractivity contribution < 1.29 is 14.8 Å². The molecule has 0 spiro atoms. The Bertz CT molecular complexity index is 618. The first-order valence-corrected chi connectivity index (χ1v) is 6.68. The zero-order valence-corrected chi connectivity index (χ0v) is 11.5. The number of hydrogen-bond donors (Lipinski definition) is 2. The van der Waals surface area contributed by atoms with E-state index in [-0.39, 0.29) is 12.3 Å². The van der Waals surface area contributed by atoms with Crippen molar-refractivity contribution >= 4 is 22.4 Å². The molecule has 112 valence electrons. The van der Waals surface area contributed by atoms with Crippen LogP contribution in [0.4, 0.5) is 11.5 Å². The monoisotopic (exact) mass is 291 g/mol. The highest BCUT2D eigenvalue weighted by molar-refractivity contribution is 5.82. The summed E-state index contributed by atoms with van der Waals surface area (Å²) in [5.74, 6) is 0.721. The molecule has 0 aliphatic rings. The minimum absolute atomic E-state index is 0.0335. The Kier molecular flexibility index (Phi) is 5.42. The van der Waals surface area contributed by atoms with Crippen LogP contribution in [-0.2, 0) is 4.74 Å². The highest BCUT2D eigenvalue weighted by Gasteiger charge is 2.06. The second kappa shape index (κ2) is 7.51. The molecule has 2 aromatic rings. The molecule has 1 heterocycles. The fourth-order valence-corrected chi connectivity index (χ4v) is 1.88. The van der Waals surface area contributed by atoms with E-state index < -0.39 is 4.92 Å². The third kappa shape index (κ3) is 4.37. The lowest BCUT2D eigenvalue weighted by molar-refractivity contribution is -0.384. The number of pyridine rings is 1. The molecule has 1 aromatic carbocycles. The zero-order chi connectivity index (χ0) is 15.1. The summed E-state index contributed by atoms with van der Waals surface area (Å²) in [4.78, 5) is 14.7. The SMILES string of the molecule is O=[N+]([O-])c1ccc2nc(NCCCOCCO)ccc2c1. The van der Waals surface area contributed by atoms with Crippen molar-refractivity contribution in [3.63, 3.8) is 0 Å². The molecule has 0 saturated heterocycles. The maximum Gasteiger partial charge on any atom is 0.270 e. The van der Waals surface area contributed by atoms with E-state index in [4.69, 9.17) is 9.84 Å². The van der Waals surface area contributed by atoms with Gasteiger partial charge in [0.2, 0.25) is 0 Å². The number of nitrogens with one attached hydrogen (secondary N) is 1. The van der Waals surface area contributed by atoms with Crippen LogP contribution in [0.25, 0.3) is 10.9 Å². The predicted molar refractivity (Wildman–Crippen MR) is 79.4 cm³/mol. The third-order valence-electron chi connectivity index (χ3n) is 2.89. The fraction of sp³-hybridized carbons (Fsp3) is 0.357. The second-order valence-corrected chi connectivity index (χ2v) is 4.45. The van der Waals surface area contributed by atoms with Crippen LogP contribution in [0, 0.1) is 10.1 Å². The molecule has 0 radical (unpaired) electrons. The third-order valence-corrected chi connectivity index (χ3v) is 2.89. The number of ether oxygens (including phenoxy) is 1. The van der Waals surface area contributed by atoms with Crippen molar-refractivity contribution in [3.8, 4) is 0 Å². The molecule has 0 bridgehead atoms. The highest BCUT2D eigenvalue weighted by Crippen LogP contribution is 2.20. The maximum atomic E-state index is 10.7. The molecule has 21 heavy (non-hydrogen) atoms. The Hall–Kier alpha value is -2.25. The molecule has 2 rings (SSSR count). The number of nitrogens with zero attached hydrogens (tertiary/aromatic N) is 2. The van der Waals surface area contributed by atoms with E-state index in [2.05, 4.69) is 10.3 Å². The minimum Gasteiger partial charge on any atom is -0.394 e. The number of anilines is 1. The van der Waals surface area contributed by atoms with Gasteiger partial charge in [-0.3, -0.25) is 10.1 Å². The molecule has 0 fully saturated rings. The number of aliphatic hydroxyl groups excluding tert-OH is 1. The predicted octanol–water partition coefficient (Wildman–Crippen LogP) is 1.95. The lowest BCUT2D eigenvalue weighted by atomic mass is 10.2. The van der Waals surface area contributed by atoms with Gasteiger partial charge in [0.25, 0.3) is 5.69 Å². The van der Waals surface area contributed by atoms with Gasteiger partial charge in [0.1, 0.15) is 5.82 Å². The summed E-state index contributed by atoms with van der Waals surface area (Å²) in [6.07, 6.45) is 0.806. The maximum absolute atomic E-state index is 10.7. The Labute approximate surface area is 121 Å². The van der Waals surface area contributed by atoms with Crippen LogP contribution >= 0.6 is 0 Å². The largest absolute Gasteiger partial charge is 0.394 e. The van der Waals surface area contributed by atoms with Crippen molar-refractivity contribution in [1.29, 1.82) is 0 Å². The standard InChI is InChI=1S/C14H17N3O4/c18-7-9-21-8-1-6-15-14-5-2-11-10-12(17(19)20)3-4-13(11)16-14/h2-5,10,18H,1,6-9H2,(H,15,16). The van der Waals surface area contributed by atoms with E-state index in [1.54, 1.807) is 18.2 Å². The van der Waals surface area contributed by atoms with Gasteiger partial charge in [-0.2, -0.15) is 0 Å². The Morgan fingerprint density at radius 2 is 2.14 bits per heavy atom. The van der Waals surface area contributed by atoms with Crippen LogP contribution in [0.3, 0.4) is 0 Å². The van der Waals surface area contributed by atoms with Crippen LogP contribution in [0.15, 0.2) is 30.3 Å². The van der Waals surface area contributed by atoms with E-state index in [0.29, 0.717) is 25.3 Å². The zero-order valence-electron chi connectivity index (χ0n) is 11.5. The molecule has 7 heteroatoms. The van der Waals surface area contributed by atoms with E-state index in [0.717, 1.165) is 17.6 Å². The number of nitro benzene ring substituents is 1. The minimum atomic E-state index is -0.419. The van der Waals surface area contributed by atoms with Crippen LogP contribution in [-0.4, -0.2) is 41.4 Å². The second-order valence-electron chi connectivity index (χ2n) is 4.45. The van der Waals surface area contributed by atoms with Crippen LogP contribution in [0.1, 0.15) is 6.42 Å². The number of nitro groups is 1. The molecule has 0 aliphatic carbocycles. The number of aliphatic hydroxyl groups is 1. The number of fused-ring (bicyclic) bond motifs is 1. The molecule has 0 saturated carbocycles. The topological polar surface area (TPSA) is 97.5 Å². The molecule has 7 nitrogen and oxygen atoms in total. The smallest absolute Gasteiger partial charge is 0.270 e. The number of non-ortho nitro benzene ring substituents is 1. The average Bonchev–Trinajstić information content (AvgIpc) is 2.50. The average molecular weight is 291 g/mol. The number of benzene rings is 1. The van der Waals surface area contributed by atoms with Crippen molar-refractivity contribution in [2.75, 3.05) is 31.7 Å². The molecular weight excluding hydrogens is 274 g/mol. The summed E-state index contributed by atoms with van der Waals surface area (Å²) in [7, 11) is 0. The summed E-state index contributed by atoms with van der Waals surface area (Å²) in [5, 5.41) is 23.2. The van der Waals surface area contributed by atoms with Gasteiger partial charge in [0.05, 0.1) is 23.7 Å². The van der Waals surface area contributed by atoms with Gasteiger partial charge in [0, 0.05) is 30.7 Å². The van der Waals surface area contributed by atoms with Crippen LogP contribution < -0.4 is 5.32 Å². The molecule has 0 aliphatic heterocycles. The van der Waals surface area contributed by atoms with Gasteiger partial charge >= 0.3 is 0 Å². The molecule has 1 aromatic heterocycles. The lowest BCUT2D eigenvalue weighted by Crippen LogP contribution is -2.08. The van der Waals surface area contributed by atoms with E-state index in [1.165, 1.54) is 12.1 Å². The Morgan fingerprint density at radius 3 is 2.90 bits per heavy atom. The Morgan fingerprint density at radius 1 is 1.29 bits per heavy atom. The van der Waals surface area contributed by atoms with Crippen molar-refractivity contribution in [2.45, 2.75) is 6.42 Å². The molecule has 0 atom stereocenters. The first-order chi connectivity index (χ1) is 10.2. The molecule has 2 N–H and O–H groups in total. The number of rotatable bonds is 8. The highest BCUT2D eigenvalue weighted by atomic mass is 16.6. The van der Waals surface area contributed by atoms with Crippen LogP contribution in [0.2, 0.25) is 0 Å². The van der Waals surface area contributed by atoms with E-state index in [1.807, 2.05) is 0 Å². The van der Waals surface area contributed by atoms with Crippen molar-refractivity contribution in [3.05, 3.63) is 40.4 Å². The van der Waals surface area contributed by atoms with Crippen molar-refractivity contribution in [1.82, 2.24) is 4.98 Å². The van der Waals surface area contributed by atoms with Gasteiger partial charge in [-0.25, -0.2) is 4.98 Å². The lowest BCUT2D eigenvalue weighted by Gasteiger charge is -2.07. The first kappa shape index (κ1) is 15.1. The van der Waals surface area contributed by atoms with Gasteiger partial charge in [-0.1, -0.05) is 0 Å². The van der Waals surface area contributed by atoms with Crippen LogP contribution in [0.5, 0.6) is 0 Å². The van der Waals surface area contributed by atoms with E-state index >= 15 is 0 Å². The van der Waals surface area contributed by atoms with Crippen molar-refractivity contribution in [2.24, 2.45) is 0 Å². The number of hydrogen-bond acceptors (Lipinski definition) is 6. The number of aromatic nitrogens is 1. The summed E-state index contributed by atoms with van der Waals surface area (Å²) >= 11 is 0. The summed E-state index contributed by atoms with van der Waals surface area (Å²) in [5.41, 5.74) is 0.771. The first-order valence-electron chi connectivity index (χ1n) is 6.68. The quantitative estimate of drug-likeness (QED) is 0.438. The Balaban J connectivity index is 1.93. The summed E-state index contributed by atoms with van der Waals surface area (Å²) < 4.78 is 5.15. The van der Waals surface area contributed by atoms with Gasteiger partial charge in [0.15, 0.2) is 0 Å². The summed E-state index contributed by atoms with van der Waals surface area (Å²) in [6.45, 7) is 1.67. The van der Waals surface area contributed by atoms with Gasteiger partial charge in [-0.15, -0.1) is 0 Å². The van der Waals surface area contributed by atoms with Gasteiger partial charge in [-0.05, 0) is 24.6 Å². The molecule has 0 amide bonds. The summed E-state index contributed by atoms with van der Waals surface area (Å²) in [6, 6.07) is 8.19. The normalized spacial score (nSPS) is 10.7.